The minimum Gasteiger partial charge on any atom is -0.448 e. The molecular weight excluding hydrogens is 229 g/mol. The molecule has 15 heavy (non-hydrogen) atoms. The van der Waals surface area contributed by atoms with E-state index in [9.17, 15) is 12.9 Å². The number of hydrogen-bond acceptors (Lipinski definition) is 1. The van der Waals surface area contributed by atoms with Gasteiger partial charge in [-0.25, -0.2) is 0 Å². The zero-order valence-corrected chi connectivity index (χ0v) is 13.0. The van der Waals surface area contributed by atoms with Gasteiger partial charge in [0.15, 0.2) is 0 Å². The molecule has 84 valence electrons. The number of nitrogens with zero attached hydrogens (tertiary/aromatic N) is 1. The second-order valence-electron chi connectivity index (χ2n) is 4.48. The summed E-state index contributed by atoms with van der Waals surface area (Å²) < 4.78 is 36.6. The molecule has 0 aliphatic heterocycles. The molecule has 0 radical (unpaired) electrons. The van der Waals surface area contributed by atoms with Gasteiger partial charge in [0.2, 0.25) is 0 Å². The van der Waals surface area contributed by atoms with Crippen LogP contribution in [0.1, 0.15) is 32.6 Å². The van der Waals surface area contributed by atoms with Crippen LogP contribution in [0.3, 0.4) is 0 Å². The van der Waals surface area contributed by atoms with Crippen LogP contribution in [-0.2, 0) is 0 Å². The average Bonchev–Trinajstić information content (AvgIpc) is 2.01. The van der Waals surface area contributed by atoms with Gasteiger partial charge in [0.05, 0.1) is 0 Å². The Hall–Kier alpha value is 1.45. The maximum atomic E-state index is 12.2. The van der Waals surface area contributed by atoms with Crippen LogP contribution in [0.5, 0.6) is 0 Å². The van der Waals surface area contributed by atoms with Gasteiger partial charge in [0.25, 0.3) is 0 Å². The van der Waals surface area contributed by atoms with E-state index in [1.165, 1.54) is 11.3 Å². The molecule has 0 bridgehead atoms. The van der Waals surface area contributed by atoms with Crippen molar-refractivity contribution in [3.8, 4) is 0 Å². The SMILES string of the molecule is CC1CCCCC1N(C)C[B-](F)(F)F.[K+]. The molecule has 2 atom stereocenters. The van der Waals surface area contributed by atoms with Crippen molar-refractivity contribution in [3.63, 3.8) is 0 Å². The Bertz CT molecular complexity index is 189. The summed E-state index contributed by atoms with van der Waals surface area (Å²) in [5.41, 5.74) is 0. The van der Waals surface area contributed by atoms with Gasteiger partial charge in [0, 0.05) is 6.04 Å². The fourth-order valence-electron chi connectivity index (χ4n) is 2.41. The van der Waals surface area contributed by atoms with Crippen molar-refractivity contribution in [1.29, 1.82) is 0 Å². The number of rotatable bonds is 3. The summed E-state index contributed by atoms with van der Waals surface area (Å²) in [6, 6.07) is 0.132. The van der Waals surface area contributed by atoms with Gasteiger partial charge >= 0.3 is 58.4 Å². The first-order valence-corrected chi connectivity index (χ1v) is 5.31. The van der Waals surface area contributed by atoms with E-state index < -0.39 is 13.4 Å². The third-order valence-electron chi connectivity index (χ3n) is 3.13. The van der Waals surface area contributed by atoms with Gasteiger partial charge in [0.1, 0.15) is 0 Å². The van der Waals surface area contributed by atoms with E-state index >= 15 is 0 Å². The molecule has 0 N–H and O–H groups in total. The smallest absolute Gasteiger partial charge is 0.448 e. The molecule has 1 aliphatic carbocycles. The monoisotopic (exact) mass is 247 g/mol. The van der Waals surface area contributed by atoms with Crippen LogP contribution >= 0.6 is 0 Å². The summed E-state index contributed by atoms with van der Waals surface area (Å²) in [5.74, 6) is 0.409. The van der Waals surface area contributed by atoms with Gasteiger partial charge in [-0.3, -0.25) is 0 Å². The predicted octanol–water partition coefficient (Wildman–Crippen LogP) is -0.112. The molecule has 0 saturated heterocycles. The van der Waals surface area contributed by atoms with E-state index in [0.717, 1.165) is 19.3 Å². The Morgan fingerprint density at radius 3 is 2.20 bits per heavy atom. The summed E-state index contributed by atoms with van der Waals surface area (Å²) in [4.78, 5) is 1.49. The van der Waals surface area contributed by atoms with Crippen LogP contribution in [0, 0.1) is 5.92 Å². The number of hydrogen-bond donors (Lipinski definition) is 0. The molecule has 0 aromatic heterocycles. The Morgan fingerprint density at radius 1 is 1.20 bits per heavy atom. The maximum absolute atomic E-state index is 12.2. The Morgan fingerprint density at radius 2 is 1.73 bits per heavy atom. The zero-order chi connectivity index (χ0) is 10.8. The Balaban J connectivity index is 0.00000196. The Labute approximate surface area is 133 Å². The summed E-state index contributed by atoms with van der Waals surface area (Å²) in [5, 5.41) is 0. The largest absolute Gasteiger partial charge is 1.00 e. The van der Waals surface area contributed by atoms with Crippen molar-refractivity contribution in [3.05, 3.63) is 0 Å². The van der Waals surface area contributed by atoms with Crippen LogP contribution in [0.4, 0.5) is 12.9 Å². The van der Waals surface area contributed by atoms with Crippen molar-refractivity contribution >= 4 is 6.98 Å². The van der Waals surface area contributed by atoms with Gasteiger partial charge in [-0.1, -0.05) is 19.8 Å². The first kappa shape index (κ1) is 16.5. The predicted molar refractivity (Wildman–Crippen MR) is 53.1 cm³/mol. The molecule has 1 fully saturated rings. The van der Waals surface area contributed by atoms with Crippen molar-refractivity contribution < 1.29 is 64.3 Å². The maximum Gasteiger partial charge on any atom is 1.00 e. The van der Waals surface area contributed by atoms with Crippen LogP contribution in [-0.4, -0.2) is 31.4 Å². The zero-order valence-electron chi connectivity index (χ0n) is 9.85. The molecule has 6 heteroatoms. The minimum absolute atomic E-state index is 0. The molecule has 1 nitrogen and oxygen atoms in total. The molecule has 0 aromatic rings. The van der Waals surface area contributed by atoms with Gasteiger partial charge in [-0.05, 0) is 32.3 Å². The quantitative estimate of drug-likeness (QED) is 0.629. The third-order valence-corrected chi connectivity index (χ3v) is 3.13. The fourth-order valence-corrected chi connectivity index (χ4v) is 2.41. The second kappa shape index (κ2) is 7.01. The molecule has 1 rings (SSSR count). The van der Waals surface area contributed by atoms with Crippen molar-refractivity contribution in [2.24, 2.45) is 5.92 Å². The van der Waals surface area contributed by atoms with E-state index in [4.69, 9.17) is 0 Å². The van der Waals surface area contributed by atoms with E-state index in [1.54, 1.807) is 7.05 Å². The summed E-state index contributed by atoms with van der Waals surface area (Å²) in [7, 11) is 1.60. The summed E-state index contributed by atoms with van der Waals surface area (Å²) in [6.45, 7) is -2.61. The standard InChI is InChI=1S/C9H18BF3N.K/c1-8-5-3-4-6-9(8)14(2)7-10(11,12)13;/h8-9H,3-7H2,1-2H3;/q-1;+1. The van der Waals surface area contributed by atoms with E-state index in [0.29, 0.717) is 5.92 Å². The third kappa shape index (κ3) is 6.08. The van der Waals surface area contributed by atoms with Crippen LogP contribution < -0.4 is 51.4 Å². The molecular formula is C9H18BF3KN. The summed E-state index contributed by atoms with van der Waals surface area (Å²) >= 11 is 0. The molecule has 0 aromatic carbocycles. The summed E-state index contributed by atoms with van der Waals surface area (Å²) in [6.07, 6.45) is 3.52. The van der Waals surface area contributed by atoms with Crippen LogP contribution in [0.2, 0.25) is 0 Å². The topological polar surface area (TPSA) is 3.24 Å². The molecule has 0 spiro atoms. The van der Waals surface area contributed by atoms with E-state index in [-0.39, 0.29) is 57.4 Å². The molecule has 0 amide bonds. The van der Waals surface area contributed by atoms with Gasteiger partial charge in [-0.2, -0.15) is 0 Å². The molecule has 1 aliphatic rings. The molecule has 1 saturated carbocycles. The van der Waals surface area contributed by atoms with E-state index in [1.807, 2.05) is 0 Å². The van der Waals surface area contributed by atoms with Crippen LogP contribution in [0.25, 0.3) is 0 Å². The van der Waals surface area contributed by atoms with Crippen molar-refractivity contribution in [2.45, 2.75) is 38.6 Å². The van der Waals surface area contributed by atoms with Gasteiger partial charge in [-0.15, -0.1) is 0 Å². The molecule has 2 unspecified atom stereocenters. The normalized spacial score (nSPS) is 27.6. The first-order chi connectivity index (χ1) is 6.40. The first-order valence-electron chi connectivity index (χ1n) is 5.31. The van der Waals surface area contributed by atoms with Crippen molar-refractivity contribution in [1.82, 2.24) is 4.90 Å². The van der Waals surface area contributed by atoms with Gasteiger partial charge < -0.3 is 17.8 Å². The Kier molecular flexibility index (Phi) is 7.69. The average molecular weight is 247 g/mol. The number of halogens is 3. The van der Waals surface area contributed by atoms with Crippen molar-refractivity contribution in [2.75, 3.05) is 13.5 Å². The second-order valence-corrected chi connectivity index (χ2v) is 4.48. The minimum atomic E-state index is -4.67. The van der Waals surface area contributed by atoms with E-state index in [2.05, 4.69) is 6.92 Å². The molecule has 0 heterocycles. The fraction of sp³-hybridized carbons (Fsp3) is 1.00. The van der Waals surface area contributed by atoms with Crippen LogP contribution in [0.15, 0.2) is 0 Å².